The predicted molar refractivity (Wildman–Crippen MR) is 137 cm³/mol. The van der Waals surface area contributed by atoms with E-state index in [0.29, 0.717) is 0 Å². The molecule has 36 heavy (non-hydrogen) atoms. The second-order valence-corrected chi connectivity index (χ2v) is 10.7. The Kier molecular flexibility index (Phi) is 8.61. The summed E-state index contributed by atoms with van der Waals surface area (Å²) in [5.74, 6) is -0.672. The molecule has 3 rings (SSSR count). The Balaban J connectivity index is 1.62. The smallest absolute Gasteiger partial charge is 0.408 e. The summed E-state index contributed by atoms with van der Waals surface area (Å²) in [6.07, 6.45) is 0.967. The van der Waals surface area contributed by atoms with E-state index in [9.17, 15) is 14.4 Å². The molecule has 0 aliphatic heterocycles. The molecule has 2 aromatic rings. The van der Waals surface area contributed by atoms with E-state index >= 15 is 0 Å². The SMILES string of the molecule is CC(C)(C)OC(=O)N[C@@H](CNC(=O)NC1CCC(C)(C)c2ccccc21)C(=O)OCc1ccccc1. The summed E-state index contributed by atoms with van der Waals surface area (Å²) in [6.45, 7) is 9.48. The van der Waals surface area contributed by atoms with Crippen LogP contribution in [0.5, 0.6) is 0 Å². The molecule has 2 aromatic carbocycles. The van der Waals surface area contributed by atoms with Crippen molar-refractivity contribution in [3.63, 3.8) is 0 Å². The molecule has 3 N–H and O–H groups in total. The van der Waals surface area contributed by atoms with Crippen LogP contribution in [-0.2, 0) is 26.3 Å². The monoisotopic (exact) mass is 495 g/mol. The zero-order chi connectivity index (χ0) is 26.3. The highest BCUT2D eigenvalue weighted by Crippen LogP contribution is 2.41. The third kappa shape index (κ3) is 7.73. The molecule has 0 spiro atoms. The van der Waals surface area contributed by atoms with E-state index in [2.05, 4.69) is 35.9 Å². The van der Waals surface area contributed by atoms with Crippen LogP contribution in [0.4, 0.5) is 9.59 Å². The van der Waals surface area contributed by atoms with E-state index in [-0.39, 0.29) is 24.6 Å². The lowest BCUT2D eigenvalue weighted by Crippen LogP contribution is -2.52. The molecule has 8 nitrogen and oxygen atoms in total. The summed E-state index contributed by atoms with van der Waals surface area (Å²) in [7, 11) is 0. The second-order valence-electron chi connectivity index (χ2n) is 10.7. The number of alkyl carbamates (subject to hydrolysis) is 1. The van der Waals surface area contributed by atoms with Crippen molar-refractivity contribution >= 4 is 18.1 Å². The van der Waals surface area contributed by atoms with E-state index in [1.54, 1.807) is 20.8 Å². The topological polar surface area (TPSA) is 106 Å². The van der Waals surface area contributed by atoms with Crippen LogP contribution in [-0.4, -0.2) is 36.3 Å². The molecular formula is C28H37N3O5. The van der Waals surface area contributed by atoms with Gasteiger partial charge in [0.15, 0.2) is 0 Å². The molecule has 0 fully saturated rings. The van der Waals surface area contributed by atoms with Gasteiger partial charge in [-0.1, -0.05) is 68.4 Å². The molecule has 194 valence electrons. The normalized spacial score (nSPS) is 17.2. The number of carbonyl (C=O) groups is 3. The van der Waals surface area contributed by atoms with E-state index in [4.69, 9.17) is 9.47 Å². The van der Waals surface area contributed by atoms with Crippen LogP contribution in [0.3, 0.4) is 0 Å². The van der Waals surface area contributed by atoms with Gasteiger partial charge < -0.3 is 25.4 Å². The summed E-state index contributed by atoms with van der Waals surface area (Å²) in [5.41, 5.74) is 2.42. The number of hydrogen-bond donors (Lipinski definition) is 3. The Morgan fingerprint density at radius 2 is 1.69 bits per heavy atom. The minimum absolute atomic E-state index is 0.0379. The fourth-order valence-electron chi connectivity index (χ4n) is 4.24. The van der Waals surface area contributed by atoms with Gasteiger partial charge in [0.25, 0.3) is 0 Å². The first kappa shape index (κ1) is 27.0. The van der Waals surface area contributed by atoms with Crippen LogP contribution < -0.4 is 16.0 Å². The Hall–Kier alpha value is -3.55. The van der Waals surface area contributed by atoms with Crippen molar-refractivity contribution in [3.8, 4) is 0 Å². The van der Waals surface area contributed by atoms with Gasteiger partial charge in [0.1, 0.15) is 18.2 Å². The van der Waals surface area contributed by atoms with Crippen LogP contribution in [0, 0.1) is 0 Å². The molecule has 0 bridgehead atoms. The average molecular weight is 496 g/mol. The van der Waals surface area contributed by atoms with E-state index in [0.717, 1.165) is 24.0 Å². The number of nitrogens with one attached hydrogen (secondary N) is 3. The third-order valence-electron chi connectivity index (χ3n) is 6.09. The van der Waals surface area contributed by atoms with Gasteiger partial charge in [0, 0.05) is 0 Å². The second kappa shape index (κ2) is 11.5. The minimum atomic E-state index is -1.12. The number of urea groups is 1. The van der Waals surface area contributed by atoms with Gasteiger partial charge in [0.2, 0.25) is 0 Å². The zero-order valence-corrected chi connectivity index (χ0v) is 21.7. The minimum Gasteiger partial charge on any atom is -0.459 e. The Morgan fingerprint density at radius 3 is 2.39 bits per heavy atom. The fourth-order valence-corrected chi connectivity index (χ4v) is 4.24. The van der Waals surface area contributed by atoms with E-state index < -0.39 is 29.7 Å². The highest BCUT2D eigenvalue weighted by atomic mass is 16.6. The number of hydrogen-bond acceptors (Lipinski definition) is 5. The van der Waals surface area contributed by atoms with Gasteiger partial charge in [-0.2, -0.15) is 0 Å². The lowest BCUT2D eigenvalue weighted by molar-refractivity contribution is -0.147. The molecule has 0 saturated heterocycles. The van der Waals surface area contributed by atoms with Crippen molar-refractivity contribution in [1.29, 1.82) is 0 Å². The molecule has 0 aromatic heterocycles. The Labute approximate surface area is 213 Å². The van der Waals surface area contributed by atoms with Crippen molar-refractivity contribution in [2.45, 2.75) is 77.2 Å². The summed E-state index contributed by atoms with van der Waals surface area (Å²) in [5, 5.41) is 8.23. The van der Waals surface area contributed by atoms with E-state index in [1.807, 2.05) is 48.5 Å². The van der Waals surface area contributed by atoms with Crippen molar-refractivity contribution in [2.24, 2.45) is 0 Å². The van der Waals surface area contributed by atoms with Crippen LogP contribution >= 0.6 is 0 Å². The van der Waals surface area contributed by atoms with Gasteiger partial charge in [-0.25, -0.2) is 14.4 Å². The summed E-state index contributed by atoms with van der Waals surface area (Å²) >= 11 is 0. The molecule has 1 aliphatic rings. The Morgan fingerprint density at radius 1 is 1.03 bits per heavy atom. The van der Waals surface area contributed by atoms with E-state index in [1.165, 1.54) is 5.56 Å². The molecular weight excluding hydrogens is 458 g/mol. The predicted octanol–water partition coefficient (Wildman–Crippen LogP) is 4.74. The van der Waals surface area contributed by atoms with Crippen molar-refractivity contribution in [1.82, 2.24) is 16.0 Å². The largest absolute Gasteiger partial charge is 0.459 e. The highest BCUT2D eigenvalue weighted by molar-refractivity contribution is 5.83. The molecule has 0 saturated carbocycles. The highest BCUT2D eigenvalue weighted by Gasteiger charge is 2.33. The molecule has 8 heteroatoms. The molecule has 1 unspecified atom stereocenters. The van der Waals surface area contributed by atoms with Gasteiger partial charge in [-0.15, -0.1) is 0 Å². The summed E-state index contributed by atoms with van der Waals surface area (Å²) in [4.78, 5) is 37.9. The maximum atomic E-state index is 12.8. The number of benzene rings is 2. The number of carbonyl (C=O) groups excluding carboxylic acids is 3. The van der Waals surface area contributed by atoms with Crippen LogP contribution in [0.1, 0.15) is 70.2 Å². The first-order valence-corrected chi connectivity index (χ1v) is 12.3. The molecule has 0 radical (unpaired) electrons. The zero-order valence-electron chi connectivity index (χ0n) is 21.7. The molecule has 0 heterocycles. The van der Waals surface area contributed by atoms with Gasteiger partial charge in [-0.3, -0.25) is 0 Å². The van der Waals surface area contributed by atoms with Gasteiger partial charge in [0.05, 0.1) is 12.6 Å². The van der Waals surface area contributed by atoms with Crippen LogP contribution in [0.2, 0.25) is 0 Å². The van der Waals surface area contributed by atoms with Crippen molar-refractivity contribution < 1.29 is 23.9 Å². The van der Waals surface area contributed by atoms with Gasteiger partial charge in [-0.05, 0) is 55.7 Å². The number of rotatable bonds is 7. The number of amides is 3. The summed E-state index contributed by atoms with van der Waals surface area (Å²) in [6, 6.07) is 15.6. The first-order chi connectivity index (χ1) is 16.9. The molecule has 3 amide bonds. The Bertz CT molecular complexity index is 1060. The fraction of sp³-hybridized carbons (Fsp3) is 0.464. The van der Waals surface area contributed by atoms with Gasteiger partial charge >= 0.3 is 18.1 Å². The van der Waals surface area contributed by atoms with Crippen LogP contribution in [0.25, 0.3) is 0 Å². The molecule has 2 atom stereocenters. The molecule has 1 aliphatic carbocycles. The standard InChI is InChI=1S/C28H37N3O5/c1-27(2,3)36-26(34)31-23(24(32)35-18-19-11-7-6-8-12-19)17-29-25(33)30-22-15-16-28(4,5)21-14-10-9-13-20(21)22/h6-14,22-23H,15-18H2,1-5H3,(H,31,34)(H2,29,30,33)/t22?,23-/m0/s1. The maximum absolute atomic E-state index is 12.8. The first-order valence-electron chi connectivity index (χ1n) is 12.3. The number of ether oxygens (including phenoxy) is 2. The van der Waals surface area contributed by atoms with Crippen molar-refractivity contribution in [2.75, 3.05) is 6.54 Å². The average Bonchev–Trinajstić information content (AvgIpc) is 2.82. The lowest BCUT2D eigenvalue weighted by Gasteiger charge is -2.37. The van der Waals surface area contributed by atoms with Crippen LogP contribution in [0.15, 0.2) is 54.6 Å². The van der Waals surface area contributed by atoms with Crippen molar-refractivity contribution in [3.05, 3.63) is 71.3 Å². The summed E-state index contributed by atoms with van der Waals surface area (Å²) < 4.78 is 10.7. The maximum Gasteiger partial charge on any atom is 0.408 e. The quantitative estimate of drug-likeness (QED) is 0.482. The lowest BCUT2D eigenvalue weighted by atomic mass is 9.71. The number of esters is 1. The number of fused-ring (bicyclic) bond motifs is 1. The third-order valence-corrected chi connectivity index (χ3v) is 6.09.